The van der Waals surface area contributed by atoms with E-state index in [1.54, 1.807) is 4.57 Å². The second-order valence-corrected chi connectivity index (χ2v) is 8.56. The van der Waals surface area contributed by atoms with Gasteiger partial charge in [-0.1, -0.05) is 6.92 Å². The number of rotatable bonds is 5. The van der Waals surface area contributed by atoms with Crippen LogP contribution in [0.2, 0.25) is 0 Å². The van der Waals surface area contributed by atoms with E-state index in [4.69, 9.17) is 5.73 Å². The van der Waals surface area contributed by atoms with Gasteiger partial charge in [-0.25, -0.2) is 13.4 Å². The summed E-state index contributed by atoms with van der Waals surface area (Å²) >= 11 is 0. The van der Waals surface area contributed by atoms with Crippen LogP contribution < -0.4 is 5.73 Å². The van der Waals surface area contributed by atoms with Gasteiger partial charge in [0.05, 0.1) is 17.9 Å². The van der Waals surface area contributed by atoms with E-state index in [0.717, 1.165) is 6.26 Å². The lowest BCUT2D eigenvalue weighted by molar-refractivity contribution is -0.109. The summed E-state index contributed by atoms with van der Waals surface area (Å²) in [6, 6.07) is 0. The second kappa shape index (κ2) is 6.21. The second-order valence-electron chi connectivity index (χ2n) is 6.23. The summed E-state index contributed by atoms with van der Waals surface area (Å²) in [7, 11) is -3.25. The zero-order valence-corrected chi connectivity index (χ0v) is 14.1. The topological polar surface area (TPSA) is 136 Å². The third kappa shape index (κ3) is 3.73. The predicted molar refractivity (Wildman–Crippen MR) is 83.6 cm³/mol. The lowest BCUT2D eigenvalue weighted by atomic mass is 9.81. The van der Waals surface area contributed by atoms with Crippen LogP contribution in [0.1, 0.15) is 42.5 Å². The van der Waals surface area contributed by atoms with Gasteiger partial charge in [-0.2, -0.15) is 0 Å². The number of aliphatic hydroxyl groups is 2. The molecule has 1 aromatic rings. The average molecular weight is 345 g/mol. The van der Waals surface area contributed by atoms with E-state index in [-0.39, 0.29) is 31.5 Å². The van der Waals surface area contributed by atoms with Crippen LogP contribution in [0.25, 0.3) is 0 Å². The van der Waals surface area contributed by atoms with Crippen molar-refractivity contribution >= 4 is 15.7 Å². The molecule has 8 nitrogen and oxygen atoms in total. The number of aromatic nitrogens is 2. The minimum atomic E-state index is -3.25. The van der Waals surface area contributed by atoms with Crippen LogP contribution in [0, 0.1) is 0 Å². The maximum atomic E-state index is 11.6. The fourth-order valence-corrected chi connectivity index (χ4v) is 4.10. The van der Waals surface area contributed by atoms with E-state index < -0.39 is 32.7 Å². The number of imidazole rings is 1. The highest BCUT2D eigenvalue weighted by Gasteiger charge is 2.44. The number of amides is 1. The molecule has 0 aromatic carbocycles. The first kappa shape index (κ1) is 17.9. The number of hydrogen-bond donors (Lipinski definition) is 3. The molecule has 9 heteroatoms. The molecule has 4 N–H and O–H groups in total. The van der Waals surface area contributed by atoms with Gasteiger partial charge in [-0.15, -0.1) is 0 Å². The van der Waals surface area contributed by atoms with Crippen LogP contribution in [0.5, 0.6) is 0 Å². The number of aryl methyl sites for hydroxylation is 1. The Morgan fingerprint density at radius 3 is 2.70 bits per heavy atom. The van der Waals surface area contributed by atoms with Crippen LogP contribution in [0.15, 0.2) is 6.20 Å². The van der Waals surface area contributed by atoms with Crippen molar-refractivity contribution in [2.45, 2.75) is 56.1 Å². The molecule has 0 unspecified atom stereocenters. The van der Waals surface area contributed by atoms with Gasteiger partial charge in [-0.3, -0.25) is 4.79 Å². The molecule has 0 radical (unpaired) electrons. The normalized spacial score (nSPS) is 28.7. The Kier molecular flexibility index (Phi) is 4.84. The van der Waals surface area contributed by atoms with Crippen LogP contribution >= 0.6 is 0 Å². The molecule has 0 aliphatic heterocycles. The van der Waals surface area contributed by atoms with E-state index in [9.17, 15) is 23.4 Å². The molecular weight excluding hydrogens is 322 g/mol. The molecule has 1 heterocycles. The quantitative estimate of drug-likeness (QED) is 0.641. The van der Waals surface area contributed by atoms with Crippen molar-refractivity contribution in [3.05, 3.63) is 17.7 Å². The summed E-state index contributed by atoms with van der Waals surface area (Å²) in [5.74, 6) is -0.0866. The average Bonchev–Trinajstić information content (AvgIpc) is 2.84. The molecule has 2 rings (SSSR count). The first-order chi connectivity index (χ1) is 10.6. The monoisotopic (exact) mass is 345 g/mol. The minimum Gasteiger partial charge on any atom is -0.390 e. The van der Waals surface area contributed by atoms with E-state index in [1.165, 1.54) is 6.20 Å². The molecule has 0 spiro atoms. The molecule has 1 saturated carbocycles. The number of carbonyl (C=O) groups excluding carboxylic acids is 1. The molecular formula is C14H23N3O5S. The van der Waals surface area contributed by atoms with E-state index in [2.05, 4.69) is 4.98 Å². The van der Waals surface area contributed by atoms with Gasteiger partial charge in [0.1, 0.15) is 27.0 Å². The summed E-state index contributed by atoms with van der Waals surface area (Å²) in [5.41, 5.74) is 3.86. The Morgan fingerprint density at radius 1 is 1.57 bits per heavy atom. The van der Waals surface area contributed by atoms with Gasteiger partial charge < -0.3 is 20.5 Å². The molecule has 1 aliphatic carbocycles. The summed E-state index contributed by atoms with van der Waals surface area (Å²) in [6.07, 6.45) is 2.39. The summed E-state index contributed by atoms with van der Waals surface area (Å²) < 4.78 is 24.8. The molecule has 1 amide bonds. The van der Waals surface area contributed by atoms with Gasteiger partial charge in [-0.05, 0) is 19.3 Å². The SMILES string of the molecule is CCc1nc(C(N)=O)cn1C[C@]1(O)CC[C@@H](S(C)(=O)=O)C[C@H]1O. The Labute approximate surface area is 135 Å². The summed E-state index contributed by atoms with van der Waals surface area (Å²) in [4.78, 5) is 15.3. The first-order valence-corrected chi connectivity index (χ1v) is 9.47. The number of nitrogens with zero attached hydrogens (tertiary/aromatic N) is 2. The highest BCUT2D eigenvalue weighted by atomic mass is 32.2. The zero-order chi connectivity index (χ0) is 17.4. The molecule has 3 atom stereocenters. The highest BCUT2D eigenvalue weighted by Crippen LogP contribution is 2.33. The van der Waals surface area contributed by atoms with Crippen molar-refractivity contribution in [3.63, 3.8) is 0 Å². The maximum absolute atomic E-state index is 11.6. The Morgan fingerprint density at radius 2 is 2.22 bits per heavy atom. The fourth-order valence-electron chi connectivity index (χ4n) is 3.02. The molecule has 0 bridgehead atoms. The Balaban J connectivity index is 2.21. The van der Waals surface area contributed by atoms with E-state index in [1.807, 2.05) is 6.92 Å². The van der Waals surface area contributed by atoms with Gasteiger partial charge in [0, 0.05) is 18.9 Å². The van der Waals surface area contributed by atoms with Crippen LogP contribution in [0.3, 0.4) is 0 Å². The molecule has 1 fully saturated rings. The van der Waals surface area contributed by atoms with Gasteiger partial charge in [0.15, 0.2) is 0 Å². The Hall–Kier alpha value is -1.45. The third-order valence-corrected chi connectivity index (χ3v) is 6.12. The number of carbonyl (C=O) groups is 1. The number of sulfone groups is 1. The lowest BCUT2D eigenvalue weighted by Gasteiger charge is -2.40. The number of aliphatic hydroxyl groups excluding tert-OH is 1. The molecule has 130 valence electrons. The largest absolute Gasteiger partial charge is 0.390 e. The molecule has 1 aromatic heterocycles. The van der Waals surface area contributed by atoms with Gasteiger partial charge >= 0.3 is 0 Å². The first-order valence-electron chi connectivity index (χ1n) is 7.52. The third-order valence-electron chi connectivity index (χ3n) is 4.48. The Bertz CT molecular complexity index is 699. The predicted octanol–water partition coefficient (Wildman–Crippen LogP) is -0.766. The smallest absolute Gasteiger partial charge is 0.268 e. The molecule has 0 saturated heterocycles. The molecule has 1 aliphatic rings. The van der Waals surface area contributed by atoms with Gasteiger partial charge in [0.2, 0.25) is 0 Å². The lowest BCUT2D eigenvalue weighted by Crippen LogP contribution is -2.52. The van der Waals surface area contributed by atoms with Crippen molar-refractivity contribution in [3.8, 4) is 0 Å². The number of hydrogen-bond acceptors (Lipinski definition) is 6. The summed E-state index contributed by atoms with van der Waals surface area (Å²) in [5, 5.41) is 20.4. The van der Waals surface area contributed by atoms with Crippen molar-refractivity contribution < 1.29 is 23.4 Å². The molecule has 23 heavy (non-hydrogen) atoms. The van der Waals surface area contributed by atoms with Crippen LogP contribution in [0.4, 0.5) is 0 Å². The van der Waals surface area contributed by atoms with Crippen molar-refractivity contribution in [2.75, 3.05) is 6.26 Å². The van der Waals surface area contributed by atoms with E-state index in [0.29, 0.717) is 12.2 Å². The van der Waals surface area contributed by atoms with Crippen molar-refractivity contribution in [2.24, 2.45) is 5.73 Å². The minimum absolute atomic E-state index is 0.00579. The van der Waals surface area contributed by atoms with Crippen molar-refractivity contribution in [1.29, 1.82) is 0 Å². The van der Waals surface area contributed by atoms with Crippen LogP contribution in [-0.4, -0.2) is 57.3 Å². The fraction of sp³-hybridized carbons (Fsp3) is 0.714. The summed E-state index contributed by atoms with van der Waals surface area (Å²) in [6.45, 7) is 1.89. The van der Waals surface area contributed by atoms with Gasteiger partial charge in [0.25, 0.3) is 5.91 Å². The number of nitrogens with two attached hydrogens (primary N) is 1. The zero-order valence-electron chi connectivity index (χ0n) is 13.3. The number of primary amides is 1. The van der Waals surface area contributed by atoms with E-state index >= 15 is 0 Å². The maximum Gasteiger partial charge on any atom is 0.268 e. The van der Waals surface area contributed by atoms with Crippen molar-refractivity contribution in [1.82, 2.24) is 9.55 Å². The van der Waals surface area contributed by atoms with Crippen LogP contribution in [-0.2, 0) is 22.8 Å². The standard InChI is InChI=1S/C14H23N3O5S/c1-3-12-16-10(13(15)19)7-17(12)8-14(20)5-4-9(6-11(14)18)23(2,21)22/h7,9,11,18,20H,3-6,8H2,1-2H3,(H2,15,19)/t9-,11-,14-/m1/s1. The highest BCUT2D eigenvalue weighted by molar-refractivity contribution is 7.91.